The minimum absolute atomic E-state index is 0.203. The molecule has 2 aromatic carbocycles. The molecule has 162 valence electrons. The lowest BCUT2D eigenvalue weighted by Crippen LogP contribution is -2.18. The Balaban J connectivity index is 1.43. The molecule has 0 unspecified atom stereocenters. The van der Waals surface area contributed by atoms with Gasteiger partial charge in [-0.2, -0.15) is 5.10 Å². The molecule has 4 rings (SSSR count). The van der Waals surface area contributed by atoms with Crippen molar-refractivity contribution in [3.05, 3.63) is 80.5 Å². The summed E-state index contributed by atoms with van der Waals surface area (Å²) in [5.41, 5.74) is 4.69. The topological polar surface area (TPSA) is 96.6 Å². The molecule has 32 heavy (non-hydrogen) atoms. The number of benzene rings is 2. The third-order valence-electron chi connectivity index (χ3n) is 4.54. The van der Waals surface area contributed by atoms with Gasteiger partial charge in [-0.1, -0.05) is 46.6 Å². The fourth-order valence-electron chi connectivity index (χ4n) is 2.90. The summed E-state index contributed by atoms with van der Waals surface area (Å²) in [7, 11) is 0. The van der Waals surface area contributed by atoms with E-state index in [4.69, 9.17) is 27.7 Å². The molecular weight excluding hydrogens is 471 g/mol. The fraction of sp³-hybridized carbons (Fsp3) is 0.0909. The van der Waals surface area contributed by atoms with E-state index in [1.807, 2.05) is 0 Å². The first-order valence-electron chi connectivity index (χ1n) is 9.39. The predicted molar refractivity (Wildman–Crippen MR) is 127 cm³/mol. The van der Waals surface area contributed by atoms with Crippen molar-refractivity contribution in [2.45, 2.75) is 13.8 Å². The van der Waals surface area contributed by atoms with E-state index in [2.05, 4.69) is 21.0 Å². The van der Waals surface area contributed by atoms with Crippen LogP contribution in [-0.4, -0.2) is 22.7 Å². The molecule has 0 saturated carbocycles. The van der Waals surface area contributed by atoms with Crippen LogP contribution in [0.15, 0.2) is 58.2 Å². The van der Waals surface area contributed by atoms with Gasteiger partial charge in [-0.15, -0.1) is 11.3 Å². The van der Waals surface area contributed by atoms with Gasteiger partial charge in [0.05, 0.1) is 10.7 Å². The minimum atomic E-state index is -0.404. The summed E-state index contributed by atoms with van der Waals surface area (Å²) in [4.78, 5) is 25.1. The van der Waals surface area contributed by atoms with E-state index in [0.717, 1.165) is 15.6 Å². The molecule has 4 aromatic rings. The van der Waals surface area contributed by atoms with Crippen molar-refractivity contribution in [1.29, 1.82) is 0 Å². The van der Waals surface area contributed by atoms with Gasteiger partial charge in [0.25, 0.3) is 11.8 Å². The number of hydrogen-bond acceptors (Lipinski definition) is 6. The summed E-state index contributed by atoms with van der Waals surface area (Å²) in [5.74, 6) is -0.215. The highest BCUT2D eigenvalue weighted by Gasteiger charge is 2.17. The Morgan fingerprint density at radius 2 is 1.81 bits per heavy atom. The first-order valence-corrected chi connectivity index (χ1v) is 11.0. The zero-order valence-corrected chi connectivity index (χ0v) is 19.2. The molecular formula is C22H16Cl2N4O3S. The molecule has 10 heteroatoms. The quantitative estimate of drug-likeness (QED) is 0.270. The molecule has 0 saturated heterocycles. The molecule has 2 heterocycles. The molecule has 0 atom stereocenters. The summed E-state index contributed by atoms with van der Waals surface area (Å²) < 4.78 is 5.73. The second-order valence-corrected chi connectivity index (χ2v) is 8.74. The highest BCUT2D eigenvalue weighted by atomic mass is 35.5. The number of thiophene rings is 1. The van der Waals surface area contributed by atoms with Gasteiger partial charge in [-0.25, -0.2) is 5.43 Å². The number of nitrogens with one attached hydrogen (secondary N) is 2. The number of halogens is 2. The van der Waals surface area contributed by atoms with Crippen molar-refractivity contribution in [2.75, 3.05) is 5.32 Å². The molecule has 2 amide bonds. The number of carbonyl (C=O) groups excluding carboxylic acids is 2. The summed E-state index contributed by atoms with van der Waals surface area (Å²) >= 11 is 13.6. The number of nitrogens with zero attached hydrogens (tertiary/aromatic N) is 2. The maximum absolute atomic E-state index is 12.6. The SMILES string of the molecule is C/C(=N/NC(=O)c1sc2cc(Cl)ccc2c1Cl)c1ccc(NC(=O)c2cc(C)on2)cc1. The summed E-state index contributed by atoms with van der Waals surface area (Å²) in [6, 6.07) is 13.9. The Morgan fingerprint density at radius 3 is 2.50 bits per heavy atom. The van der Waals surface area contributed by atoms with E-state index in [-0.39, 0.29) is 11.6 Å². The smallest absolute Gasteiger partial charge is 0.283 e. The second-order valence-electron chi connectivity index (χ2n) is 6.88. The number of aromatic nitrogens is 1. The first kappa shape index (κ1) is 22.0. The Bertz CT molecular complexity index is 1360. The van der Waals surface area contributed by atoms with Crippen molar-refractivity contribution >= 4 is 67.8 Å². The average Bonchev–Trinajstić information content (AvgIpc) is 3.35. The maximum atomic E-state index is 12.6. The number of hydrogen-bond donors (Lipinski definition) is 2. The van der Waals surface area contributed by atoms with Gasteiger partial charge < -0.3 is 9.84 Å². The molecule has 7 nitrogen and oxygen atoms in total. The van der Waals surface area contributed by atoms with Crippen LogP contribution in [0.2, 0.25) is 10.0 Å². The zero-order chi connectivity index (χ0) is 22.8. The third kappa shape index (κ3) is 4.67. The minimum Gasteiger partial charge on any atom is -0.361 e. The van der Waals surface area contributed by atoms with Crippen LogP contribution in [0.3, 0.4) is 0 Å². The first-order chi connectivity index (χ1) is 15.3. The number of hydrazone groups is 1. The Labute approximate surface area is 197 Å². The number of anilines is 1. The number of fused-ring (bicyclic) bond motifs is 1. The second kappa shape index (κ2) is 9.12. The van der Waals surface area contributed by atoms with E-state index in [1.165, 1.54) is 11.3 Å². The Kier molecular flexibility index (Phi) is 6.27. The molecule has 0 aliphatic carbocycles. The molecule has 0 radical (unpaired) electrons. The van der Waals surface area contributed by atoms with Crippen LogP contribution >= 0.6 is 34.5 Å². The fourth-order valence-corrected chi connectivity index (χ4v) is 4.58. The van der Waals surface area contributed by atoms with E-state index in [0.29, 0.717) is 32.1 Å². The van der Waals surface area contributed by atoms with Gasteiger partial charge in [0.15, 0.2) is 5.69 Å². The van der Waals surface area contributed by atoms with Crippen LogP contribution < -0.4 is 10.7 Å². The van der Waals surface area contributed by atoms with Crippen molar-refractivity contribution in [1.82, 2.24) is 10.6 Å². The lowest BCUT2D eigenvalue weighted by molar-refractivity contribution is 0.0958. The van der Waals surface area contributed by atoms with Crippen LogP contribution in [-0.2, 0) is 0 Å². The zero-order valence-electron chi connectivity index (χ0n) is 16.9. The van der Waals surface area contributed by atoms with Gasteiger partial charge in [0.2, 0.25) is 0 Å². The van der Waals surface area contributed by atoms with Gasteiger partial charge in [0, 0.05) is 26.9 Å². The molecule has 2 aromatic heterocycles. The average molecular weight is 487 g/mol. The van der Waals surface area contributed by atoms with Gasteiger partial charge >= 0.3 is 0 Å². The number of rotatable bonds is 5. The molecule has 0 bridgehead atoms. The monoisotopic (exact) mass is 486 g/mol. The number of carbonyl (C=O) groups is 2. The number of aryl methyl sites for hydroxylation is 1. The van der Waals surface area contributed by atoms with Crippen LogP contribution in [0.4, 0.5) is 5.69 Å². The van der Waals surface area contributed by atoms with Gasteiger partial charge in [-0.3, -0.25) is 9.59 Å². The van der Waals surface area contributed by atoms with E-state index >= 15 is 0 Å². The molecule has 2 N–H and O–H groups in total. The van der Waals surface area contributed by atoms with Crippen molar-refractivity contribution in [3.63, 3.8) is 0 Å². The number of amides is 2. The van der Waals surface area contributed by atoms with Crippen LogP contribution in [0.25, 0.3) is 10.1 Å². The summed E-state index contributed by atoms with van der Waals surface area (Å²) in [6.45, 7) is 3.47. The third-order valence-corrected chi connectivity index (χ3v) is 6.44. The Hall–Kier alpha value is -3.20. The highest BCUT2D eigenvalue weighted by molar-refractivity contribution is 7.21. The maximum Gasteiger partial charge on any atom is 0.283 e. The van der Waals surface area contributed by atoms with Crippen molar-refractivity contribution < 1.29 is 14.1 Å². The van der Waals surface area contributed by atoms with Crippen molar-refractivity contribution in [3.8, 4) is 0 Å². The van der Waals surface area contributed by atoms with Gasteiger partial charge in [0.1, 0.15) is 10.6 Å². The van der Waals surface area contributed by atoms with Crippen LogP contribution in [0.5, 0.6) is 0 Å². The van der Waals surface area contributed by atoms with Crippen LogP contribution in [0, 0.1) is 6.92 Å². The summed E-state index contributed by atoms with van der Waals surface area (Å²) in [6.07, 6.45) is 0. The van der Waals surface area contributed by atoms with Crippen molar-refractivity contribution in [2.24, 2.45) is 5.10 Å². The normalized spacial score (nSPS) is 11.6. The predicted octanol–water partition coefficient (Wildman–Crippen LogP) is 5.91. The standard InChI is InChI=1S/C22H16Cl2N4O3S/c1-11-9-17(28-31-11)21(29)25-15-6-3-13(4-7-15)12(2)26-27-22(30)20-19(24)16-8-5-14(23)10-18(16)32-20/h3-10H,1-2H3,(H,25,29)(H,27,30)/b26-12-. The van der Waals surface area contributed by atoms with Crippen LogP contribution in [0.1, 0.15) is 38.4 Å². The van der Waals surface area contributed by atoms with E-state index in [1.54, 1.807) is 62.4 Å². The summed E-state index contributed by atoms with van der Waals surface area (Å²) in [5, 5.41) is 12.3. The Morgan fingerprint density at radius 1 is 1.06 bits per heavy atom. The lowest BCUT2D eigenvalue weighted by atomic mass is 10.1. The molecule has 0 fully saturated rings. The van der Waals surface area contributed by atoms with Gasteiger partial charge in [-0.05, 0) is 43.7 Å². The highest BCUT2D eigenvalue weighted by Crippen LogP contribution is 2.36. The largest absolute Gasteiger partial charge is 0.361 e. The lowest BCUT2D eigenvalue weighted by Gasteiger charge is -2.05. The van der Waals surface area contributed by atoms with E-state index < -0.39 is 5.91 Å². The molecule has 0 aliphatic rings. The van der Waals surface area contributed by atoms with E-state index in [9.17, 15) is 9.59 Å². The molecule has 0 spiro atoms. The molecule has 0 aliphatic heterocycles.